The molecule has 3 rings (SSSR count). The van der Waals surface area contributed by atoms with Crippen molar-refractivity contribution in [1.82, 2.24) is 9.38 Å². The molecular weight excluding hydrogens is 446 g/mol. The first-order chi connectivity index (χ1) is 13.5. The van der Waals surface area contributed by atoms with Crippen LogP contribution in [0.4, 0.5) is 5.69 Å². The van der Waals surface area contributed by atoms with Gasteiger partial charge in [-0.15, -0.1) is 0 Å². The van der Waals surface area contributed by atoms with Gasteiger partial charge in [0, 0.05) is 24.0 Å². The van der Waals surface area contributed by atoms with Crippen LogP contribution < -0.4 is 14.6 Å². The molecule has 2 aromatic heterocycles. The van der Waals surface area contributed by atoms with Crippen molar-refractivity contribution >= 4 is 45.2 Å². The molecule has 0 atom stereocenters. The van der Waals surface area contributed by atoms with E-state index in [4.69, 9.17) is 9.47 Å². The SMILES string of the molecule is COC(=O)c1nc2c(N(C)SC)cc(Br)cn2c(=O)c1OCc1ccccc1. The molecule has 3 aromatic rings. The number of anilines is 1. The third-order valence-electron chi connectivity index (χ3n) is 4.05. The zero-order chi connectivity index (χ0) is 20.3. The molecule has 28 heavy (non-hydrogen) atoms. The van der Waals surface area contributed by atoms with Crippen molar-refractivity contribution in [3.63, 3.8) is 0 Å². The number of hydrogen-bond donors (Lipinski definition) is 0. The summed E-state index contributed by atoms with van der Waals surface area (Å²) in [4.78, 5) is 29.9. The number of benzene rings is 1. The predicted octanol–water partition coefficient (Wildman–Crippen LogP) is 3.54. The van der Waals surface area contributed by atoms with Crippen molar-refractivity contribution in [3.8, 4) is 5.75 Å². The molecule has 7 nitrogen and oxygen atoms in total. The van der Waals surface area contributed by atoms with E-state index < -0.39 is 11.5 Å². The third-order valence-corrected chi connectivity index (χ3v) is 5.23. The van der Waals surface area contributed by atoms with Crippen LogP contribution in [0.5, 0.6) is 5.75 Å². The molecule has 0 aliphatic rings. The van der Waals surface area contributed by atoms with Crippen LogP contribution in [0.15, 0.2) is 51.9 Å². The number of esters is 1. The van der Waals surface area contributed by atoms with Gasteiger partial charge in [0.2, 0.25) is 5.75 Å². The normalized spacial score (nSPS) is 10.7. The van der Waals surface area contributed by atoms with Crippen LogP contribution >= 0.6 is 27.9 Å². The van der Waals surface area contributed by atoms with E-state index in [-0.39, 0.29) is 18.1 Å². The number of carbonyl (C=O) groups excluding carboxylic acids is 1. The highest BCUT2D eigenvalue weighted by Crippen LogP contribution is 2.28. The van der Waals surface area contributed by atoms with Gasteiger partial charge >= 0.3 is 11.5 Å². The van der Waals surface area contributed by atoms with Gasteiger partial charge in [-0.3, -0.25) is 9.20 Å². The summed E-state index contributed by atoms with van der Waals surface area (Å²) in [5.74, 6) is -0.882. The minimum absolute atomic E-state index is 0.124. The van der Waals surface area contributed by atoms with Crippen LogP contribution in [0.25, 0.3) is 5.65 Å². The molecule has 146 valence electrons. The smallest absolute Gasteiger partial charge is 0.360 e. The molecule has 9 heteroatoms. The predicted molar refractivity (Wildman–Crippen MR) is 113 cm³/mol. The van der Waals surface area contributed by atoms with Crippen molar-refractivity contribution in [2.45, 2.75) is 6.61 Å². The molecule has 0 fully saturated rings. The van der Waals surface area contributed by atoms with Gasteiger partial charge < -0.3 is 13.8 Å². The summed E-state index contributed by atoms with van der Waals surface area (Å²) in [5.41, 5.74) is 1.22. The number of hydrogen-bond acceptors (Lipinski definition) is 7. The molecule has 0 radical (unpaired) electrons. The second-order valence-corrected chi connectivity index (χ2v) is 7.61. The highest BCUT2D eigenvalue weighted by atomic mass is 79.9. The lowest BCUT2D eigenvalue weighted by Crippen LogP contribution is -2.24. The Labute approximate surface area is 174 Å². The van der Waals surface area contributed by atoms with E-state index in [9.17, 15) is 9.59 Å². The fourth-order valence-corrected chi connectivity index (χ4v) is 3.35. The second-order valence-electron chi connectivity index (χ2n) is 5.78. The van der Waals surface area contributed by atoms with Crippen LogP contribution in [0.2, 0.25) is 0 Å². The molecule has 0 saturated heterocycles. The summed E-state index contributed by atoms with van der Waals surface area (Å²) >= 11 is 4.87. The Morgan fingerprint density at radius 1 is 1.32 bits per heavy atom. The first kappa shape index (κ1) is 20.2. The molecule has 1 aromatic carbocycles. The average molecular weight is 464 g/mol. The third kappa shape index (κ3) is 4.00. The Hall–Kier alpha value is -2.52. The summed E-state index contributed by atoms with van der Waals surface area (Å²) in [6, 6.07) is 11.2. The lowest BCUT2D eigenvalue weighted by molar-refractivity contribution is 0.0588. The maximum absolute atomic E-state index is 13.2. The van der Waals surface area contributed by atoms with E-state index in [1.807, 2.05) is 54.0 Å². The molecule has 0 unspecified atom stereocenters. The van der Waals surface area contributed by atoms with Gasteiger partial charge in [0.15, 0.2) is 11.3 Å². The van der Waals surface area contributed by atoms with Gasteiger partial charge in [0.05, 0.1) is 12.8 Å². The van der Waals surface area contributed by atoms with E-state index in [0.717, 1.165) is 5.56 Å². The highest BCUT2D eigenvalue weighted by Gasteiger charge is 2.23. The van der Waals surface area contributed by atoms with Crippen molar-refractivity contribution in [2.75, 3.05) is 24.7 Å². The number of fused-ring (bicyclic) bond motifs is 1. The molecular formula is C19H18BrN3O4S. The summed E-state index contributed by atoms with van der Waals surface area (Å²) in [5, 5.41) is 0. The van der Waals surface area contributed by atoms with Crippen LogP contribution in [-0.2, 0) is 11.3 Å². The minimum atomic E-state index is -0.733. The first-order valence-corrected chi connectivity index (χ1v) is 10.2. The number of halogens is 1. The van der Waals surface area contributed by atoms with Crippen molar-refractivity contribution in [3.05, 3.63) is 68.7 Å². The number of methoxy groups -OCH3 is 1. The summed E-state index contributed by atoms with van der Waals surface area (Å²) in [6.45, 7) is 0.124. The van der Waals surface area contributed by atoms with Gasteiger partial charge in [-0.2, -0.15) is 0 Å². The first-order valence-electron chi connectivity index (χ1n) is 8.25. The number of aromatic nitrogens is 2. The quantitative estimate of drug-likeness (QED) is 0.408. The Morgan fingerprint density at radius 2 is 2.04 bits per heavy atom. The maximum atomic E-state index is 13.2. The molecule has 0 spiro atoms. The molecule has 0 aliphatic carbocycles. The molecule has 0 aliphatic heterocycles. The van der Waals surface area contributed by atoms with Crippen molar-refractivity contribution < 1.29 is 14.3 Å². The van der Waals surface area contributed by atoms with Gasteiger partial charge in [0.25, 0.3) is 0 Å². The van der Waals surface area contributed by atoms with Crippen molar-refractivity contribution in [2.24, 2.45) is 0 Å². The lowest BCUT2D eigenvalue weighted by Gasteiger charge is -2.19. The van der Waals surface area contributed by atoms with E-state index in [0.29, 0.717) is 15.8 Å². The fraction of sp³-hybridized carbons (Fsp3) is 0.211. The van der Waals surface area contributed by atoms with Gasteiger partial charge in [-0.25, -0.2) is 9.78 Å². The summed E-state index contributed by atoms with van der Waals surface area (Å²) < 4.78 is 14.4. The number of nitrogens with zero attached hydrogens (tertiary/aromatic N) is 3. The minimum Gasteiger partial charge on any atom is -0.481 e. The highest BCUT2D eigenvalue weighted by molar-refractivity contribution is 9.10. The molecule has 0 N–H and O–H groups in total. The number of pyridine rings is 1. The van der Waals surface area contributed by atoms with Gasteiger partial charge in [-0.1, -0.05) is 42.3 Å². The summed E-state index contributed by atoms with van der Waals surface area (Å²) in [6.07, 6.45) is 3.49. The van der Waals surface area contributed by atoms with E-state index in [1.54, 1.807) is 6.20 Å². The molecule has 0 amide bonds. The number of ether oxygens (including phenoxy) is 2. The van der Waals surface area contributed by atoms with E-state index in [1.165, 1.54) is 23.5 Å². The molecule has 0 saturated carbocycles. The Morgan fingerprint density at radius 3 is 2.68 bits per heavy atom. The molecule has 2 heterocycles. The summed E-state index contributed by atoms with van der Waals surface area (Å²) in [7, 11) is 3.08. The Kier molecular flexibility index (Phi) is 6.25. The average Bonchev–Trinajstić information content (AvgIpc) is 2.72. The van der Waals surface area contributed by atoms with Crippen LogP contribution in [0.1, 0.15) is 16.1 Å². The van der Waals surface area contributed by atoms with Crippen LogP contribution in [0.3, 0.4) is 0 Å². The fourth-order valence-electron chi connectivity index (χ4n) is 2.60. The lowest BCUT2D eigenvalue weighted by atomic mass is 10.2. The monoisotopic (exact) mass is 463 g/mol. The van der Waals surface area contributed by atoms with Crippen LogP contribution in [-0.4, -0.2) is 35.8 Å². The van der Waals surface area contributed by atoms with Crippen molar-refractivity contribution in [1.29, 1.82) is 0 Å². The van der Waals surface area contributed by atoms with Gasteiger partial charge in [-0.05, 0) is 27.6 Å². The topological polar surface area (TPSA) is 73.1 Å². The van der Waals surface area contributed by atoms with Crippen LogP contribution in [0, 0.1) is 0 Å². The Balaban J connectivity index is 2.20. The number of carbonyl (C=O) groups is 1. The van der Waals surface area contributed by atoms with Gasteiger partial charge in [0.1, 0.15) is 6.61 Å². The zero-order valence-corrected chi connectivity index (χ0v) is 17.9. The van der Waals surface area contributed by atoms with E-state index >= 15 is 0 Å². The zero-order valence-electron chi connectivity index (χ0n) is 15.5. The largest absolute Gasteiger partial charge is 0.481 e. The number of rotatable bonds is 6. The maximum Gasteiger partial charge on any atom is 0.360 e. The second kappa shape index (κ2) is 8.66. The van der Waals surface area contributed by atoms with E-state index in [2.05, 4.69) is 20.9 Å². The molecule has 0 bridgehead atoms. The Bertz CT molecular complexity index is 1070. The standard InChI is InChI=1S/C19H18BrN3O4S/c1-22(28-3)14-9-13(20)10-23-17(14)21-15(19(25)26-2)16(18(23)24)27-11-12-7-5-4-6-8-12/h4-10H,11H2,1-3H3.